The van der Waals surface area contributed by atoms with Gasteiger partial charge in [-0.05, 0) is 37.1 Å². The fourth-order valence-electron chi connectivity index (χ4n) is 3.27. The van der Waals surface area contributed by atoms with Gasteiger partial charge in [0.25, 0.3) is 0 Å². The summed E-state index contributed by atoms with van der Waals surface area (Å²) in [4.78, 5) is 0. The molecule has 0 bridgehead atoms. The Bertz CT molecular complexity index is 770. The molecule has 0 saturated heterocycles. The zero-order valence-corrected chi connectivity index (χ0v) is 14.6. The van der Waals surface area contributed by atoms with Gasteiger partial charge in [-0.1, -0.05) is 78.9 Å². The topological polar surface area (TPSA) is 32.3 Å². The maximum atomic E-state index is 10.3. The molecule has 0 radical (unpaired) electrons. The first-order valence-corrected chi connectivity index (χ1v) is 8.87. The lowest BCUT2D eigenvalue weighted by Crippen LogP contribution is -2.21. The molecule has 0 aliphatic carbocycles. The molecule has 2 atom stereocenters. The molecule has 0 aromatic heterocycles. The van der Waals surface area contributed by atoms with Crippen LogP contribution in [-0.4, -0.2) is 11.7 Å². The van der Waals surface area contributed by atoms with E-state index in [0.29, 0.717) is 11.8 Å². The van der Waals surface area contributed by atoms with Gasteiger partial charge >= 0.3 is 0 Å². The number of nitrogens with one attached hydrogen (secondary N) is 1. The van der Waals surface area contributed by atoms with Crippen LogP contribution in [0.5, 0.6) is 5.75 Å². The quantitative estimate of drug-likeness (QED) is 0.618. The summed E-state index contributed by atoms with van der Waals surface area (Å²) in [5, 5.41) is 13.9. The molecule has 25 heavy (non-hydrogen) atoms. The smallest absolute Gasteiger partial charge is 0.119 e. The molecule has 3 aromatic carbocycles. The van der Waals surface area contributed by atoms with E-state index in [9.17, 15) is 5.11 Å². The van der Waals surface area contributed by atoms with Gasteiger partial charge in [0.1, 0.15) is 5.75 Å². The van der Waals surface area contributed by atoms with E-state index >= 15 is 0 Å². The van der Waals surface area contributed by atoms with E-state index in [0.717, 1.165) is 18.5 Å². The van der Waals surface area contributed by atoms with Crippen LogP contribution in [0.3, 0.4) is 0 Å². The van der Waals surface area contributed by atoms with Gasteiger partial charge in [0.05, 0.1) is 0 Å². The first-order valence-electron chi connectivity index (χ1n) is 8.87. The second kappa shape index (κ2) is 8.50. The Kier molecular flexibility index (Phi) is 5.86. The highest BCUT2D eigenvalue weighted by atomic mass is 16.3. The van der Waals surface area contributed by atoms with Gasteiger partial charge in [0.15, 0.2) is 0 Å². The fourth-order valence-corrected chi connectivity index (χ4v) is 3.27. The number of benzene rings is 3. The van der Waals surface area contributed by atoms with E-state index in [2.05, 4.69) is 60.8 Å². The van der Waals surface area contributed by atoms with Crippen LogP contribution in [0, 0.1) is 0 Å². The second-order valence-corrected chi connectivity index (χ2v) is 6.40. The largest absolute Gasteiger partial charge is 0.508 e. The van der Waals surface area contributed by atoms with Crippen LogP contribution in [0.4, 0.5) is 0 Å². The minimum Gasteiger partial charge on any atom is -0.508 e. The van der Waals surface area contributed by atoms with Crippen LogP contribution in [0.1, 0.15) is 42.0 Å². The van der Waals surface area contributed by atoms with Crippen LogP contribution >= 0.6 is 0 Å². The summed E-state index contributed by atoms with van der Waals surface area (Å²) in [6.07, 6.45) is 0.929. The first kappa shape index (κ1) is 17.2. The lowest BCUT2D eigenvalue weighted by Gasteiger charge is -2.21. The van der Waals surface area contributed by atoms with Gasteiger partial charge in [0, 0.05) is 17.5 Å². The minimum atomic E-state index is 0.179. The SMILES string of the molecule is CC(NCC[C@H](c1ccccc1)c1ccccc1O)c1ccccc1. The Morgan fingerprint density at radius 1 is 0.760 bits per heavy atom. The number of aromatic hydroxyl groups is 1. The van der Waals surface area contributed by atoms with Crippen LogP contribution < -0.4 is 5.32 Å². The Labute approximate surface area is 150 Å². The van der Waals surface area contributed by atoms with Gasteiger partial charge in [-0.25, -0.2) is 0 Å². The van der Waals surface area contributed by atoms with Gasteiger partial charge in [-0.3, -0.25) is 0 Å². The molecule has 0 aliphatic heterocycles. The molecule has 3 aromatic rings. The second-order valence-electron chi connectivity index (χ2n) is 6.40. The fraction of sp³-hybridized carbons (Fsp3) is 0.217. The molecule has 2 N–H and O–H groups in total. The third kappa shape index (κ3) is 4.49. The maximum Gasteiger partial charge on any atom is 0.119 e. The number of rotatable bonds is 7. The van der Waals surface area contributed by atoms with E-state index in [-0.39, 0.29) is 5.92 Å². The third-order valence-corrected chi connectivity index (χ3v) is 4.70. The van der Waals surface area contributed by atoms with Crippen molar-refractivity contribution in [3.8, 4) is 5.75 Å². The summed E-state index contributed by atoms with van der Waals surface area (Å²) >= 11 is 0. The highest BCUT2D eigenvalue weighted by molar-refractivity contribution is 5.41. The normalized spacial score (nSPS) is 13.3. The predicted molar refractivity (Wildman–Crippen MR) is 104 cm³/mol. The zero-order valence-electron chi connectivity index (χ0n) is 14.6. The number of phenols is 1. The maximum absolute atomic E-state index is 10.3. The van der Waals surface area contributed by atoms with Crippen LogP contribution in [0.2, 0.25) is 0 Å². The molecule has 0 fully saturated rings. The van der Waals surface area contributed by atoms with Crippen molar-refractivity contribution in [2.45, 2.75) is 25.3 Å². The summed E-state index contributed by atoms with van der Waals surface area (Å²) in [6, 6.07) is 28.9. The van der Waals surface area contributed by atoms with Gasteiger partial charge < -0.3 is 10.4 Å². The van der Waals surface area contributed by atoms with Crippen molar-refractivity contribution in [1.29, 1.82) is 0 Å². The van der Waals surface area contributed by atoms with E-state index in [1.54, 1.807) is 6.07 Å². The van der Waals surface area contributed by atoms with E-state index in [1.165, 1.54) is 11.1 Å². The Balaban J connectivity index is 1.72. The number of hydrogen-bond donors (Lipinski definition) is 2. The highest BCUT2D eigenvalue weighted by Crippen LogP contribution is 2.33. The van der Waals surface area contributed by atoms with Crippen molar-refractivity contribution in [1.82, 2.24) is 5.32 Å². The number of hydrogen-bond acceptors (Lipinski definition) is 2. The molecule has 0 spiro atoms. The summed E-state index contributed by atoms with van der Waals surface area (Å²) in [5.41, 5.74) is 3.52. The number of phenolic OH excluding ortho intramolecular Hbond substituents is 1. The summed E-state index contributed by atoms with van der Waals surface area (Å²) in [6.45, 7) is 3.07. The standard InChI is InChI=1S/C23H25NO/c1-18(19-10-4-2-5-11-19)24-17-16-21(20-12-6-3-7-13-20)22-14-8-9-15-23(22)25/h2-15,18,21,24-25H,16-17H2,1H3/t18?,21-/m1/s1. The van der Waals surface area contributed by atoms with Gasteiger partial charge in [-0.15, -0.1) is 0 Å². The van der Waals surface area contributed by atoms with Crippen molar-refractivity contribution >= 4 is 0 Å². The van der Waals surface area contributed by atoms with Crippen LogP contribution in [0.15, 0.2) is 84.9 Å². The molecule has 2 heteroatoms. The molecule has 3 rings (SSSR count). The van der Waals surface area contributed by atoms with Crippen molar-refractivity contribution in [3.63, 3.8) is 0 Å². The van der Waals surface area contributed by atoms with Crippen molar-refractivity contribution < 1.29 is 5.11 Å². The molecular formula is C23H25NO. The lowest BCUT2D eigenvalue weighted by molar-refractivity contribution is 0.459. The van der Waals surface area contributed by atoms with Crippen molar-refractivity contribution in [3.05, 3.63) is 102 Å². The van der Waals surface area contributed by atoms with Gasteiger partial charge in [0.2, 0.25) is 0 Å². The Morgan fingerprint density at radius 2 is 1.32 bits per heavy atom. The molecule has 1 unspecified atom stereocenters. The Morgan fingerprint density at radius 3 is 1.96 bits per heavy atom. The van der Waals surface area contributed by atoms with E-state index < -0.39 is 0 Å². The average Bonchev–Trinajstić information content (AvgIpc) is 2.67. The van der Waals surface area contributed by atoms with Crippen molar-refractivity contribution in [2.24, 2.45) is 0 Å². The first-order chi connectivity index (χ1) is 12.3. The molecule has 2 nitrogen and oxygen atoms in total. The molecule has 0 saturated carbocycles. The Hall–Kier alpha value is -2.58. The van der Waals surface area contributed by atoms with E-state index in [4.69, 9.17) is 0 Å². The average molecular weight is 331 g/mol. The van der Waals surface area contributed by atoms with Crippen molar-refractivity contribution in [2.75, 3.05) is 6.54 Å². The molecule has 128 valence electrons. The molecular weight excluding hydrogens is 306 g/mol. The third-order valence-electron chi connectivity index (χ3n) is 4.70. The van der Waals surface area contributed by atoms with Crippen LogP contribution in [0.25, 0.3) is 0 Å². The molecule has 0 amide bonds. The minimum absolute atomic E-state index is 0.179. The summed E-state index contributed by atoms with van der Waals surface area (Å²) < 4.78 is 0. The van der Waals surface area contributed by atoms with E-state index in [1.807, 2.05) is 30.3 Å². The molecule has 0 aliphatic rings. The highest BCUT2D eigenvalue weighted by Gasteiger charge is 2.17. The summed E-state index contributed by atoms with van der Waals surface area (Å²) in [5.74, 6) is 0.547. The zero-order chi connectivity index (χ0) is 17.5. The lowest BCUT2D eigenvalue weighted by atomic mass is 9.88. The number of para-hydroxylation sites is 1. The van der Waals surface area contributed by atoms with Crippen LogP contribution in [-0.2, 0) is 0 Å². The monoisotopic (exact) mass is 331 g/mol. The van der Waals surface area contributed by atoms with Gasteiger partial charge in [-0.2, -0.15) is 0 Å². The predicted octanol–water partition coefficient (Wildman–Crippen LogP) is 5.27. The summed E-state index contributed by atoms with van der Waals surface area (Å²) in [7, 11) is 0. The molecule has 0 heterocycles.